The first-order valence-electron chi connectivity index (χ1n) is 10.3. The number of rotatable bonds is 6. The van der Waals surface area contributed by atoms with E-state index < -0.39 is 0 Å². The zero-order valence-corrected chi connectivity index (χ0v) is 17.3. The molecule has 2 N–H and O–H groups in total. The third kappa shape index (κ3) is 4.01. The number of H-pyrrole nitrogens is 1. The molecule has 0 spiro atoms. The van der Waals surface area contributed by atoms with Gasteiger partial charge in [0.1, 0.15) is 6.61 Å². The highest BCUT2D eigenvalue weighted by Crippen LogP contribution is 2.36. The molecule has 2 heterocycles. The van der Waals surface area contributed by atoms with E-state index in [1.807, 2.05) is 42.7 Å². The van der Waals surface area contributed by atoms with E-state index in [0.717, 1.165) is 39.0 Å². The molecule has 5 rings (SSSR count). The van der Waals surface area contributed by atoms with E-state index in [0.29, 0.717) is 12.5 Å². The Kier molecular flexibility index (Phi) is 5.11. The van der Waals surface area contributed by atoms with Crippen molar-refractivity contribution in [3.8, 4) is 17.0 Å². The van der Waals surface area contributed by atoms with Crippen molar-refractivity contribution in [1.82, 2.24) is 9.97 Å². The molecule has 152 valence electrons. The van der Waals surface area contributed by atoms with E-state index in [2.05, 4.69) is 71.8 Å². The Morgan fingerprint density at radius 2 is 1.71 bits per heavy atom. The molecule has 31 heavy (non-hydrogen) atoms. The van der Waals surface area contributed by atoms with Gasteiger partial charge in [0.15, 0.2) is 0 Å². The number of benzene rings is 3. The molecule has 3 aromatic carbocycles. The van der Waals surface area contributed by atoms with Crippen molar-refractivity contribution in [3.05, 3.63) is 108 Å². The van der Waals surface area contributed by atoms with Gasteiger partial charge in [0.05, 0.1) is 11.9 Å². The van der Waals surface area contributed by atoms with Gasteiger partial charge in [0.2, 0.25) is 5.88 Å². The summed E-state index contributed by atoms with van der Waals surface area (Å²) in [4.78, 5) is 7.98. The largest absolute Gasteiger partial charge is 0.472 e. The minimum absolute atomic E-state index is 0.467. The number of pyridine rings is 1. The van der Waals surface area contributed by atoms with Crippen LogP contribution in [0.3, 0.4) is 0 Å². The molecule has 0 atom stereocenters. The van der Waals surface area contributed by atoms with Crippen LogP contribution in [0.25, 0.3) is 22.0 Å². The molecule has 4 heteroatoms. The summed E-state index contributed by atoms with van der Waals surface area (Å²) in [5.74, 6) is 0.618. The summed E-state index contributed by atoms with van der Waals surface area (Å²) in [5, 5.41) is 4.64. The number of ether oxygens (including phenoxy) is 1. The van der Waals surface area contributed by atoms with Crippen LogP contribution < -0.4 is 10.1 Å². The van der Waals surface area contributed by atoms with Gasteiger partial charge in [-0.1, -0.05) is 60.7 Å². The lowest BCUT2D eigenvalue weighted by Crippen LogP contribution is -2.01. The molecule has 0 radical (unpaired) electrons. The quantitative estimate of drug-likeness (QED) is 0.324. The minimum atomic E-state index is 0.467. The first-order chi connectivity index (χ1) is 15.3. The number of hydrogen-bond donors (Lipinski definition) is 2. The van der Waals surface area contributed by atoms with E-state index in [4.69, 9.17) is 9.72 Å². The van der Waals surface area contributed by atoms with Crippen LogP contribution in [0.2, 0.25) is 0 Å². The second kappa shape index (κ2) is 8.36. The van der Waals surface area contributed by atoms with Crippen molar-refractivity contribution in [2.24, 2.45) is 0 Å². The highest BCUT2D eigenvalue weighted by Gasteiger charge is 2.14. The number of aromatic amines is 1. The second-order valence-electron chi connectivity index (χ2n) is 7.54. The lowest BCUT2D eigenvalue weighted by Gasteiger charge is -2.15. The molecule has 0 fully saturated rings. The summed E-state index contributed by atoms with van der Waals surface area (Å²) in [6, 6.07) is 28.8. The monoisotopic (exact) mass is 405 g/mol. The number of hydrogen-bond acceptors (Lipinski definition) is 3. The van der Waals surface area contributed by atoms with Crippen molar-refractivity contribution in [2.45, 2.75) is 13.5 Å². The van der Waals surface area contributed by atoms with Crippen LogP contribution in [0.5, 0.6) is 5.88 Å². The Hall–Kier alpha value is -4.05. The van der Waals surface area contributed by atoms with Gasteiger partial charge in [0.25, 0.3) is 0 Å². The number of para-hydroxylation sites is 1. The lowest BCUT2D eigenvalue weighted by atomic mass is 10.0. The van der Waals surface area contributed by atoms with Gasteiger partial charge in [-0.05, 0) is 47.9 Å². The van der Waals surface area contributed by atoms with Crippen LogP contribution in [-0.2, 0) is 6.61 Å². The van der Waals surface area contributed by atoms with Crippen LogP contribution in [0, 0.1) is 6.92 Å². The smallest absolute Gasteiger partial charge is 0.221 e. The number of fused-ring (bicyclic) bond motifs is 1. The minimum Gasteiger partial charge on any atom is -0.472 e. The van der Waals surface area contributed by atoms with Gasteiger partial charge in [-0.3, -0.25) is 0 Å². The standard InChI is InChI=1S/C27H23N3O/c1-19-8-5-6-12-25(19)30-21-16-24(22-11-7-13-26-23(22)14-15-28-26)27(29-17-21)31-18-20-9-3-2-4-10-20/h2-17,28,30H,18H2,1H3. The summed E-state index contributed by atoms with van der Waals surface area (Å²) in [6.45, 7) is 2.56. The predicted octanol–water partition coefficient (Wildman–Crippen LogP) is 6.86. The fraction of sp³-hybridized carbons (Fsp3) is 0.0741. The number of nitrogens with one attached hydrogen (secondary N) is 2. The molecule has 0 aliphatic heterocycles. The van der Waals surface area contributed by atoms with Crippen molar-refractivity contribution in [1.29, 1.82) is 0 Å². The van der Waals surface area contributed by atoms with Gasteiger partial charge < -0.3 is 15.0 Å². The van der Waals surface area contributed by atoms with E-state index in [1.165, 1.54) is 5.56 Å². The van der Waals surface area contributed by atoms with Gasteiger partial charge in [-0.15, -0.1) is 0 Å². The van der Waals surface area contributed by atoms with Crippen molar-refractivity contribution >= 4 is 22.3 Å². The van der Waals surface area contributed by atoms with E-state index >= 15 is 0 Å². The average molecular weight is 406 g/mol. The predicted molar refractivity (Wildman–Crippen MR) is 127 cm³/mol. The van der Waals surface area contributed by atoms with Crippen LogP contribution in [0.4, 0.5) is 11.4 Å². The number of nitrogens with zero attached hydrogens (tertiary/aromatic N) is 1. The molecular weight excluding hydrogens is 382 g/mol. The SMILES string of the molecule is Cc1ccccc1Nc1cnc(OCc2ccccc2)c(-c2cccc3[nH]ccc23)c1. The van der Waals surface area contributed by atoms with Gasteiger partial charge in [0, 0.05) is 28.4 Å². The van der Waals surface area contributed by atoms with Crippen LogP contribution in [0.15, 0.2) is 97.3 Å². The average Bonchev–Trinajstić information content (AvgIpc) is 3.29. The first-order valence-corrected chi connectivity index (χ1v) is 10.3. The Bertz CT molecular complexity index is 1320. The normalized spacial score (nSPS) is 10.9. The van der Waals surface area contributed by atoms with E-state index in [1.54, 1.807) is 0 Å². The zero-order chi connectivity index (χ0) is 21.0. The highest BCUT2D eigenvalue weighted by atomic mass is 16.5. The molecule has 0 saturated heterocycles. The Labute approximate surface area is 181 Å². The maximum Gasteiger partial charge on any atom is 0.221 e. The molecule has 4 nitrogen and oxygen atoms in total. The van der Waals surface area contributed by atoms with Gasteiger partial charge in [-0.2, -0.15) is 0 Å². The fourth-order valence-corrected chi connectivity index (χ4v) is 3.74. The van der Waals surface area contributed by atoms with Crippen LogP contribution in [-0.4, -0.2) is 9.97 Å². The van der Waals surface area contributed by atoms with E-state index in [9.17, 15) is 0 Å². The second-order valence-corrected chi connectivity index (χ2v) is 7.54. The molecule has 0 aliphatic carbocycles. The van der Waals surface area contributed by atoms with Gasteiger partial charge in [-0.25, -0.2) is 4.98 Å². The molecule has 0 amide bonds. The van der Waals surface area contributed by atoms with Gasteiger partial charge >= 0.3 is 0 Å². The third-order valence-corrected chi connectivity index (χ3v) is 5.38. The number of anilines is 2. The van der Waals surface area contributed by atoms with E-state index in [-0.39, 0.29) is 0 Å². The maximum absolute atomic E-state index is 6.18. The molecule has 5 aromatic rings. The molecule has 2 aromatic heterocycles. The van der Waals surface area contributed by atoms with Crippen molar-refractivity contribution in [3.63, 3.8) is 0 Å². The third-order valence-electron chi connectivity index (χ3n) is 5.38. The van der Waals surface area contributed by atoms with Crippen LogP contribution >= 0.6 is 0 Å². The molecule has 0 saturated carbocycles. The molecule has 0 unspecified atom stereocenters. The summed E-state index contributed by atoms with van der Waals surface area (Å²) < 4.78 is 6.18. The lowest BCUT2D eigenvalue weighted by molar-refractivity contribution is 0.295. The topological polar surface area (TPSA) is 49.9 Å². The Morgan fingerprint density at radius 3 is 2.58 bits per heavy atom. The summed E-state index contributed by atoms with van der Waals surface area (Å²) >= 11 is 0. The summed E-state index contributed by atoms with van der Waals surface area (Å²) in [6.07, 6.45) is 3.79. The zero-order valence-electron chi connectivity index (χ0n) is 17.3. The number of aryl methyl sites for hydroxylation is 1. The maximum atomic E-state index is 6.18. The Morgan fingerprint density at radius 1 is 0.871 bits per heavy atom. The molecular formula is C27H23N3O. The molecule has 0 aliphatic rings. The Balaban J connectivity index is 1.55. The highest BCUT2D eigenvalue weighted by molar-refractivity contribution is 5.96. The summed E-state index contributed by atoms with van der Waals surface area (Å²) in [5.41, 5.74) is 7.40. The van der Waals surface area contributed by atoms with Crippen LogP contribution in [0.1, 0.15) is 11.1 Å². The first kappa shape index (κ1) is 18.9. The van der Waals surface area contributed by atoms with Crippen molar-refractivity contribution < 1.29 is 4.74 Å². The fourth-order valence-electron chi connectivity index (χ4n) is 3.74. The summed E-state index contributed by atoms with van der Waals surface area (Å²) in [7, 11) is 0. The number of aromatic nitrogens is 2. The van der Waals surface area contributed by atoms with Crippen molar-refractivity contribution in [2.75, 3.05) is 5.32 Å². The molecule has 0 bridgehead atoms.